The van der Waals surface area contributed by atoms with Crippen LogP contribution >= 0.6 is 11.8 Å². The van der Waals surface area contributed by atoms with Gasteiger partial charge in [-0.05, 0) is 25.5 Å². The Morgan fingerprint density at radius 1 is 1.33 bits per heavy atom. The van der Waals surface area contributed by atoms with Crippen LogP contribution in [0.1, 0.15) is 44.7 Å². The molecule has 1 saturated carbocycles. The molecule has 0 saturated heterocycles. The second-order valence-electron chi connectivity index (χ2n) is 4.95. The van der Waals surface area contributed by atoms with Crippen molar-refractivity contribution in [2.75, 3.05) is 11.6 Å². The first kappa shape index (κ1) is 13.7. The molecule has 1 aromatic rings. The third-order valence-corrected chi connectivity index (χ3v) is 4.74. The number of anilines is 1. The minimum absolute atomic E-state index is 0.568. The van der Waals surface area contributed by atoms with Gasteiger partial charge in [0.15, 0.2) is 0 Å². The predicted molar refractivity (Wildman–Crippen MR) is 79.2 cm³/mol. The summed E-state index contributed by atoms with van der Waals surface area (Å²) >= 11 is 1.98. The molecule has 0 radical (unpaired) electrons. The van der Waals surface area contributed by atoms with Gasteiger partial charge in [-0.1, -0.05) is 26.2 Å². The van der Waals surface area contributed by atoms with Crippen molar-refractivity contribution < 1.29 is 0 Å². The average molecular weight is 265 g/mol. The van der Waals surface area contributed by atoms with Crippen LogP contribution in [0, 0.1) is 0 Å². The lowest BCUT2D eigenvalue weighted by atomic mass is 9.95. The first-order valence-corrected chi connectivity index (χ1v) is 8.22. The van der Waals surface area contributed by atoms with Crippen molar-refractivity contribution in [1.29, 1.82) is 0 Å². The maximum atomic E-state index is 4.35. The van der Waals surface area contributed by atoms with E-state index in [2.05, 4.69) is 34.5 Å². The average Bonchev–Trinajstić information content (AvgIpc) is 2.40. The zero-order valence-corrected chi connectivity index (χ0v) is 12.2. The molecule has 1 fully saturated rings. The van der Waals surface area contributed by atoms with Gasteiger partial charge in [-0.25, -0.2) is 9.97 Å². The Bertz CT molecular complexity index is 370. The number of nitrogens with zero attached hydrogens (tertiary/aromatic N) is 2. The quantitative estimate of drug-likeness (QED) is 0.884. The molecule has 0 spiro atoms. The summed E-state index contributed by atoms with van der Waals surface area (Å²) in [6, 6.07) is 2.67. The zero-order valence-electron chi connectivity index (χ0n) is 11.4. The molecule has 3 nitrogen and oxygen atoms in total. The number of aryl methyl sites for hydroxylation is 1. The monoisotopic (exact) mass is 265 g/mol. The number of nitrogens with one attached hydrogen (secondary N) is 1. The van der Waals surface area contributed by atoms with E-state index in [4.69, 9.17) is 0 Å². The molecule has 0 aromatic carbocycles. The van der Waals surface area contributed by atoms with E-state index in [1.54, 1.807) is 6.33 Å². The second-order valence-corrected chi connectivity index (χ2v) is 6.03. The molecular formula is C14H23N3S. The van der Waals surface area contributed by atoms with Crippen molar-refractivity contribution in [1.82, 2.24) is 9.97 Å². The summed E-state index contributed by atoms with van der Waals surface area (Å²) < 4.78 is 0. The summed E-state index contributed by atoms with van der Waals surface area (Å²) in [4.78, 5) is 8.66. The van der Waals surface area contributed by atoms with Crippen LogP contribution in [0.3, 0.4) is 0 Å². The number of hydrogen-bond donors (Lipinski definition) is 1. The van der Waals surface area contributed by atoms with Gasteiger partial charge in [-0.3, -0.25) is 0 Å². The van der Waals surface area contributed by atoms with Crippen LogP contribution in [0.15, 0.2) is 12.4 Å². The minimum Gasteiger partial charge on any atom is -0.366 e. The molecule has 2 rings (SSSR count). The lowest BCUT2D eigenvalue weighted by Gasteiger charge is -2.31. The van der Waals surface area contributed by atoms with Gasteiger partial charge in [0, 0.05) is 23.1 Å². The van der Waals surface area contributed by atoms with Gasteiger partial charge < -0.3 is 5.32 Å². The highest BCUT2D eigenvalue weighted by Crippen LogP contribution is 2.29. The maximum Gasteiger partial charge on any atom is 0.129 e. The normalized spacial score (nSPS) is 23.9. The number of rotatable bonds is 5. The number of hydrogen-bond acceptors (Lipinski definition) is 4. The van der Waals surface area contributed by atoms with Crippen LogP contribution in [-0.2, 0) is 6.42 Å². The van der Waals surface area contributed by atoms with E-state index in [1.165, 1.54) is 25.7 Å². The highest BCUT2D eigenvalue weighted by Gasteiger charge is 2.24. The second kappa shape index (κ2) is 6.98. The fourth-order valence-corrected chi connectivity index (χ4v) is 3.54. The molecule has 18 heavy (non-hydrogen) atoms. The molecule has 1 N–H and O–H groups in total. The van der Waals surface area contributed by atoms with E-state index >= 15 is 0 Å². The van der Waals surface area contributed by atoms with Crippen LogP contribution in [0.5, 0.6) is 0 Å². The Labute approximate surface area is 114 Å². The molecule has 1 heterocycles. The van der Waals surface area contributed by atoms with Crippen LogP contribution in [0.4, 0.5) is 5.82 Å². The fourth-order valence-electron chi connectivity index (χ4n) is 2.60. The smallest absolute Gasteiger partial charge is 0.129 e. The summed E-state index contributed by atoms with van der Waals surface area (Å²) in [7, 11) is 0. The molecule has 2 unspecified atom stereocenters. The topological polar surface area (TPSA) is 37.8 Å². The van der Waals surface area contributed by atoms with Crippen LogP contribution in [0.2, 0.25) is 0 Å². The zero-order chi connectivity index (χ0) is 12.8. The van der Waals surface area contributed by atoms with Crippen molar-refractivity contribution in [3.8, 4) is 0 Å². The molecule has 1 aliphatic rings. The van der Waals surface area contributed by atoms with E-state index in [0.717, 1.165) is 29.6 Å². The lowest BCUT2D eigenvalue weighted by molar-refractivity contribution is 0.474. The molecule has 0 amide bonds. The van der Waals surface area contributed by atoms with Gasteiger partial charge in [0.2, 0.25) is 0 Å². The first-order valence-electron chi connectivity index (χ1n) is 6.93. The van der Waals surface area contributed by atoms with Gasteiger partial charge in [-0.15, -0.1) is 0 Å². The van der Waals surface area contributed by atoms with Crippen molar-refractivity contribution in [3.63, 3.8) is 0 Å². The Balaban J connectivity index is 2.00. The standard InChI is InChI=1S/C14H23N3S/c1-3-6-11-9-14(16-10-15-11)17-12-7-4-5-8-13(12)18-2/h9-10,12-13H,3-8H2,1-2H3,(H,15,16,17). The third-order valence-electron chi connectivity index (χ3n) is 3.57. The predicted octanol–water partition coefficient (Wildman–Crippen LogP) is 3.52. The largest absolute Gasteiger partial charge is 0.366 e. The molecule has 4 heteroatoms. The summed E-state index contributed by atoms with van der Waals surface area (Å²) in [6.07, 6.45) is 11.4. The van der Waals surface area contributed by atoms with E-state index in [9.17, 15) is 0 Å². The molecule has 1 aliphatic carbocycles. The van der Waals surface area contributed by atoms with Gasteiger partial charge >= 0.3 is 0 Å². The van der Waals surface area contributed by atoms with E-state index in [1.807, 2.05) is 11.8 Å². The van der Waals surface area contributed by atoms with E-state index in [-0.39, 0.29) is 0 Å². The van der Waals surface area contributed by atoms with Gasteiger partial charge in [0.25, 0.3) is 0 Å². The summed E-state index contributed by atoms with van der Waals surface area (Å²) in [5.74, 6) is 0.999. The summed E-state index contributed by atoms with van der Waals surface area (Å²) in [5.41, 5.74) is 1.14. The summed E-state index contributed by atoms with van der Waals surface area (Å²) in [5, 5.41) is 4.33. The Hall–Kier alpha value is -0.770. The lowest BCUT2D eigenvalue weighted by Crippen LogP contribution is -2.34. The Morgan fingerprint density at radius 3 is 2.94 bits per heavy atom. The SMILES string of the molecule is CCCc1cc(NC2CCCCC2SC)ncn1. The molecular weight excluding hydrogens is 242 g/mol. The molecule has 100 valence electrons. The number of aromatic nitrogens is 2. The maximum absolute atomic E-state index is 4.35. The highest BCUT2D eigenvalue weighted by molar-refractivity contribution is 7.99. The first-order chi connectivity index (χ1) is 8.83. The Kier molecular flexibility index (Phi) is 5.29. The minimum atomic E-state index is 0.568. The van der Waals surface area contributed by atoms with Crippen molar-refractivity contribution >= 4 is 17.6 Å². The summed E-state index contributed by atoms with van der Waals surface area (Å²) in [6.45, 7) is 2.18. The van der Waals surface area contributed by atoms with Crippen LogP contribution in [0.25, 0.3) is 0 Å². The van der Waals surface area contributed by atoms with Crippen molar-refractivity contribution in [3.05, 3.63) is 18.1 Å². The molecule has 0 aliphatic heterocycles. The van der Waals surface area contributed by atoms with E-state index in [0.29, 0.717) is 6.04 Å². The fraction of sp³-hybridized carbons (Fsp3) is 0.714. The van der Waals surface area contributed by atoms with Crippen molar-refractivity contribution in [2.24, 2.45) is 0 Å². The van der Waals surface area contributed by atoms with Gasteiger partial charge in [-0.2, -0.15) is 11.8 Å². The van der Waals surface area contributed by atoms with Crippen molar-refractivity contribution in [2.45, 2.75) is 56.7 Å². The number of thioether (sulfide) groups is 1. The van der Waals surface area contributed by atoms with Crippen LogP contribution < -0.4 is 5.32 Å². The Morgan fingerprint density at radius 2 is 2.17 bits per heavy atom. The highest BCUT2D eigenvalue weighted by atomic mass is 32.2. The molecule has 0 bridgehead atoms. The van der Waals surface area contributed by atoms with Gasteiger partial charge in [0.1, 0.15) is 12.1 Å². The van der Waals surface area contributed by atoms with Crippen LogP contribution in [-0.4, -0.2) is 27.5 Å². The van der Waals surface area contributed by atoms with E-state index < -0.39 is 0 Å². The van der Waals surface area contributed by atoms with Gasteiger partial charge in [0.05, 0.1) is 0 Å². The molecule has 1 aromatic heterocycles. The molecule has 2 atom stereocenters. The third kappa shape index (κ3) is 3.61.